The minimum atomic E-state index is -0.271. The maximum absolute atomic E-state index is 12.0. The number of anilines is 1. The number of nitrogen functional groups attached to an aromatic ring is 1. The molecule has 0 radical (unpaired) electrons. The molecule has 2 aromatic carbocycles. The molecule has 5 nitrogen and oxygen atoms in total. The van der Waals surface area contributed by atoms with Crippen molar-refractivity contribution in [2.45, 2.75) is 13.3 Å². The minimum absolute atomic E-state index is 0.168. The van der Waals surface area contributed by atoms with Crippen molar-refractivity contribution in [3.8, 4) is 11.8 Å². The first kappa shape index (κ1) is 13.2. The van der Waals surface area contributed by atoms with Gasteiger partial charge in [0.1, 0.15) is 5.75 Å². The van der Waals surface area contributed by atoms with Crippen LogP contribution < -0.4 is 16.0 Å². The summed E-state index contributed by atoms with van der Waals surface area (Å²) in [5.41, 5.74) is 7.69. The van der Waals surface area contributed by atoms with Crippen LogP contribution in [0.4, 0.5) is 5.69 Å². The number of hydrogen-bond acceptors (Lipinski definition) is 4. The monoisotopic (exact) mass is 281 g/mol. The zero-order chi connectivity index (χ0) is 14.8. The lowest BCUT2D eigenvalue weighted by Crippen LogP contribution is -2.09. The average molecular weight is 281 g/mol. The van der Waals surface area contributed by atoms with Crippen LogP contribution in [0.3, 0.4) is 0 Å². The topological polar surface area (TPSA) is 81.0 Å². The number of nitrogens with zero attached hydrogens (tertiary/aromatic N) is 1. The highest BCUT2D eigenvalue weighted by Crippen LogP contribution is 2.20. The van der Waals surface area contributed by atoms with E-state index in [-0.39, 0.29) is 11.6 Å². The van der Waals surface area contributed by atoms with Crippen molar-refractivity contribution in [2.75, 3.05) is 5.73 Å². The normalized spacial score (nSPS) is 10.7. The fourth-order valence-electron chi connectivity index (χ4n) is 2.09. The van der Waals surface area contributed by atoms with Gasteiger partial charge in [0.05, 0.1) is 10.9 Å². The van der Waals surface area contributed by atoms with Gasteiger partial charge in [0.25, 0.3) is 5.56 Å². The molecule has 0 aliphatic rings. The van der Waals surface area contributed by atoms with Gasteiger partial charge in [0, 0.05) is 5.69 Å². The van der Waals surface area contributed by atoms with Crippen molar-refractivity contribution in [1.29, 1.82) is 0 Å². The van der Waals surface area contributed by atoms with E-state index in [1.807, 2.05) is 24.3 Å². The van der Waals surface area contributed by atoms with Crippen LogP contribution in [0.15, 0.2) is 47.3 Å². The van der Waals surface area contributed by atoms with E-state index in [1.165, 1.54) is 5.56 Å². The van der Waals surface area contributed by atoms with Gasteiger partial charge in [-0.15, -0.1) is 0 Å². The highest BCUT2D eigenvalue weighted by molar-refractivity contribution is 5.81. The average Bonchev–Trinajstić information content (AvgIpc) is 2.49. The van der Waals surface area contributed by atoms with Gasteiger partial charge in [-0.1, -0.05) is 19.1 Å². The second-order valence-electron chi connectivity index (χ2n) is 4.75. The van der Waals surface area contributed by atoms with Gasteiger partial charge in [0.2, 0.25) is 0 Å². The van der Waals surface area contributed by atoms with Crippen molar-refractivity contribution >= 4 is 16.6 Å². The van der Waals surface area contributed by atoms with Crippen molar-refractivity contribution in [2.24, 2.45) is 0 Å². The maximum atomic E-state index is 12.0. The first-order chi connectivity index (χ1) is 10.2. The van der Waals surface area contributed by atoms with Crippen molar-refractivity contribution in [3.63, 3.8) is 0 Å². The van der Waals surface area contributed by atoms with Crippen LogP contribution in [0.1, 0.15) is 12.5 Å². The SMILES string of the molecule is CCc1ccc(Oc2nc3ccc(N)cc3c(=O)[nH]2)cc1. The Kier molecular flexibility index (Phi) is 3.31. The third kappa shape index (κ3) is 2.72. The van der Waals surface area contributed by atoms with Crippen molar-refractivity contribution < 1.29 is 4.74 Å². The largest absolute Gasteiger partial charge is 0.426 e. The predicted molar refractivity (Wildman–Crippen MR) is 82.7 cm³/mol. The summed E-state index contributed by atoms with van der Waals surface area (Å²) < 4.78 is 5.60. The summed E-state index contributed by atoms with van der Waals surface area (Å²) in [6.45, 7) is 2.09. The Morgan fingerprint density at radius 2 is 1.95 bits per heavy atom. The summed E-state index contributed by atoms with van der Waals surface area (Å²) >= 11 is 0. The summed E-state index contributed by atoms with van der Waals surface area (Å²) in [6.07, 6.45) is 0.965. The lowest BCUT2D eigenvalue weighted by molar-refractivity contribution is 0.442. The maximum Gasteiger partial charge on any atom is 0.302 e. The molecular formula is C16H15N3O2. The second-order valence-corrected chi connectivity index (χ2v) is 4.75. The smallest absolute Gasteiger partial charge is 0.302 e. The molecule has 0 aliphatic carbocycles. The highest BCUT2D eigenvalue weighted by Gasteiger charge is 2.06. The Hall–Kier alpha value is -2.82. The quantitative estimate of drug-likeness (QED) is 0.723. The first-order valence-corrected chi connectivity index (χ1v) is 6.72. The molecule has 21 heavy (non-hydrogen) atoms. The lowest BCUT2D eigenvalue weighted by atomic mass is 10.2. The Morgan fingerprint density at radius 3 is 2.67 bits per heavy atom. The van der Waals surface area contributed by atoms with E-state index in [0.717, 1.165) is 6.42 Å². The fourth-order valence-corrected chi connectivity index (χ4v) is 2.09. The molecular weight excluding hydrogens is 266 g/mol. The van der Waals surface area contributed by atoms with Crippen LogP contribution in [-0.4, -0.2) is 9.97 Å². The molecule has 1 aromatic heterocycles. The van der Waals surface area contributed by atoms with Gasteiger partial charge in [-0.2, -0.15) is 4.98 Å². The second kappa shape index (κ2) is 5.28. The summed E-state index contributed by atoms with van der Waals surface area (Å²) in [6, 6.07) is 12.8. The molecule has 0 saturated heterocycles. The third-order valence-corrected chi connectivity index (χ3v) is 3.25. The molecule has 0 unspecified atom stereocenters. The number of ether oxygens (including phenoxy) is 1. The molecule has 3 aromatic rings. The molecule has 0 fully saturated rings. The van der Waals surface area contributed by atoms with E-state index >= 15 is 0 Å². The van der Waals surface area contributed by atoms with E-state index in [1.54, 1.807) is 18.2 Å². The lowest BCUT2D eigenvalue weighted by Gasteiger charge is -2.06. The van der Waals surface area contributed by atoms with Crippen LogP contribution in [-0.2, 0) is 6.42 Å². The summed E-state index contributed by atoms with van der Waals surface area (Å²) in [5, 5.41) is 0.448. The van der Waals surface area contributed by atoms with E-state index in [2.05, 4.69) is 16.9 Å². The van der Waals surface area contributed by atoms with Crippen LogP contribution in [0.25, 0.3) is 10.9 Å². The number of aryl methyl sites for hydroxylation is 1. The Bertz CT molecular complexity index is 838. The molecule has 1 heterocycles. The molecule has 0 atom stereocenters. The number of nitrogens with one attached hydrogen (secondary N) is 1. The van der Waals surface area contributed by atoms with Gasteiger partial charge in [-0.05, 0) is 42.3 Å². The molecule has 106 valence electrons. The van der Waals surface area contributed by atoms with Gasteiger partial charge < -0.3 is 10.5 Å². The van der Waals surface area contributed by atoms with Crippen LogP contribution >= 0.6 is 0 Å². The third-order valence-electron chi connectivity index (χ3n) is 3.25. The number of hydrogen-bond donors (Lipinski definition) is 2. The Labute approximate surface area is 121 Å². The fraction of sp³-hybridized carbons (Fsp3) is 0.125. The Morgan fingerprint density at radius 1 is 1.19 bits per heavy atom. The van der Waals surface area contributed by atoms with Crippen molar-refractivity contribution in [3.05, 3.63) is 58.4 Å². The van der Waals surface area contributed by atoms with Crippen LogP contribution in [0, 0.1) is 0 Å². The standard InChI is InChI=1S/C16H15N3O2/c1-2-10-3-6-12(7-4-10)21-16-18-14-8-5-11(17)9-13(14)15(20)19-16/h3-9H,2,17H2,1H3,(H,18,19,20). The molecule has 3 N–H and O–H groups in total. The molecule has 0 amide bonds. The van der Waals surface area contributed by atoms with E-state index in [4.69, 9.17) is 10.5 Å². The van der Waals surface area contributed by atoms with Crippen LogP contribution in [0.5, 0.6) is 11.8 Å². The summed E-state index contributed by atoms with van der Waals surface area (Å²) in [4.78, 5) is 18.9. The zero-order valence-electron chi connectivity index (χ0n) is 11.6. The van der Waals surface area contributed by atoms with Crippen LogP contribution in [0.2, 0.25) is 0 Å². The predicted octanol–water partition coefficient (Wildman–Crippen LogP) is 2.86. The minimum Gasteiger partial charge on any atom is -0.426 e. The molecule has 3 rings (SSSR count). The Balaban J connectivity index is 1.97. The van der Waals surface area contributed by atoms with E-state index in [9.17, 15) is 4.79 Å². The number of nitrogens with two attached hydrogens (primary N) is 1. The molecule has 0 spiro atoms. The van der Waals surface area contributed by atoms with Gasteiger partial charge >= 0.3 is 6.01 Å². The molecule has 0 bridgehead atoms. The molecule has 0 aliphatic heterocycles. The number of rotatable bonds is 3. The summed E-state index contributed by atoms with van der Waals surface area (Å²) in [7, 11) is 0. The van der Waals surface area contributed by atoms with Gasteiger partial charge in [-0.25, -0.2) is 0 Å². The molecule has 0 saturated carbocycles. The first-order valence-electron chi connectivity index (χ1n) is 6.72. The highest BCUT2D eigenvalue weighted by atomic mass is 16.5. The summed E-state index contributed by atoms with van der Waals surface area (Å²) in [5.74, 6) is 0.630. The number of benzene rings is 2. The van der Waals surface area contributed by atoms with Crippen molar-refractivity contribution in [1.82, 2.24) is 9.97 Å². The van der Waals surface area contributed by atoms with E-state index in [0.29, 0.717) is 22.3 Å². The number of fused-ring (bicyclic) bond motifs is 1. The van der Waals surface area contributed by atoms with E-state index < -0.39 is 0 Å². The zero-order valence-corrected chi connectivity index (χ0v) is 11.6. The number of aromatic nitrogens is 2. The molecule has 5 heteroatoms. The number of aromatic amines is 1. The number of H-pyrrole nitrogens is 1. The van der Waals surface area contributed by atoms with Gasteiger partial charge in [-0.3, -0.25) is 9.78 Å². The van der Waals surface area contributed by atoms with Gasteiger partial charge in [0.15, 0.2) is 0 Å².